The van der Waals surface area contributed by atoms with Crippen LogP contribution in [0.2, 0.25) is 0 Å². The molecule has 0 saturated carbocycles. The average molecular weight is 369 g/mol. The van der Waals surface area contributed by atoms with E-state index in [1.165, 1.54) is 0 Å². The van der Waals surface area contributed by atoms with E-state index in [9.17, 15) is 49.1 Å². The zero-order valence-corrected chi connectivity index (χ0v) is 10.9. The molecule has 1 N–H and O–H groups in total. The van der Waals surface area contributed by atoms with Crippen LogP contribution in [-0.2, 0) is 22.0 Å². The average Bonchev–Trinajstić information content (AvgIpc) is 2.40. The molecule has 0 aliphatic carbocycles. The van der Waals surface area contributed by atoms with Gasteiger partial charge in [-0.3, -0.25) is 4.79 Å². The van der Waals surface area contributed by atoms with Crippen LogP contribution in [0, 0.1) is 0 Å². The van der Waals surface area contributed by atoms with Crippen LogP contribution >= 0.6 is 0 Å². The molecule has 134 valence electrons. The molecule has 0 fully saturated rings. The van der Waals surface area contributed by atoms with E-state index in [1.54, 1.807) is 0 Å². The second-order valence-electron chi connectivity index (χ2n) is 4.04. The Morgan fingerprint density at radius 1 is 0.875 bits per heavy atom. The van der Waals surface area contributed by atoms with Crippen LogP contribution in [0.5, 0.6) is 0 Å². The van der Waals surface area contributed by atoms with Crippen molar-refractivity contribution < 1.29 is 53.9 Å². The Morgan fingerprint density at radius 3 is 1.83 bits per heavy atom. The molecule has 1 aromatic rings. The third-order valence-corrected chi connectivity index (χ3v) is 2.37. The van der Waals surface area contributed by atoms with Gasteiger partial charge in [0.15, 0.2) is 0 Å². The Morgan fingerprint density at radius 2 is 1.42 bits per heavy atom. The maximum absolute atomic E-state index is 12.8. The number of nitrogens with one attached hydrogen (secondary N) is 1. The number of rotatable bonds is 1. The van der Waals surface area contributed by atoms with E-state index in [-0.39, 0.29) is 12.1 Å². The highest BCUT2D eigenvalue weighted by Crippen LogP contribution is 2.41. The van der Waals surface area contributed by atoms with Crippen molar-refractivity contribution in [2.24, 2.45) is 0 Å². The number of benzene rings is 1. The zero-order valence-electron chi connectivity index (χ0n) is 10.9. The van der Waals surface area contributed by atoms with Crippen LogP contribution in [0.25, 0.3) is 0 Å². The molecule has 4 nitrogen and oxygen atoms in total. The minimum atomic E-state index is -5.66. The summed E-state index contributed by atoms with van der Waals surface area (Å²) in [6.45, 7) is 0. The summed E-state index contributed by atoms with van der Waals surface area (Å²) in [5, 5.41) is 0. The number of hydroxylamine groups is 1. The molecule has 0 aromatic heterocycles. The summed E-state index contributed by atoms with van der Waals surface area (Å²) in [7, 11) is 0. The van der Waals surface area contributed by atoms with Gasteiger partial charge < -0.3 is 4.84 Å². The predicted molar refractivity (Wildman–Crippen MR) is 56.1 cm³/mol. The van der Waals surface area contributed by atoms with Crippen molar-refractivity contribution in [1.29, 1.82) is 0 Å². The summed E-state index contributed by atoms with van der Waals surface area (Å²) in [6.07, 6.45) is -16.7. The van der Waals surface area contributed by atoms with Crippen molar-refractivity contribution in [2.45, 2.75) is 18.5 Å². The third-order valence-electron chi connectivity index (χ3n) is 2.37. The maximum Gasteiger partial charge on any atom is 0.493 e. The van der Waals surface area contributed by atoms with E-state index in [0.717, 1.165) is 5.48 Å². The van der Waals surface area contributed by atoms with Gasteiger partial charge in [-0.15, -0.1) is 0 Å². The second kappa shape index (κ2) is 6.20. The molecule has 0 radical (unpaired) electrons. The highest BCUT2D eigenvalue weighted by molar-refractivity contribution is 5.96. The van der Waals surface area contributed by atoms with E-state index < -0.39 is 47.1 Å². The highest BCUT2D eigenvalue weighted by atomic mass is 19.4. The van der Waals surface area contributed by atoms with Gasteiger partial charge in [0, 0.05) is 0 Å². The molecule has 0 unspecified atom stereocenters. The normalized spacial score (nSPS) is 12.7. The number of alkyl halides is 9. The molecule has 1 aromatic carbocycles. The van der Waals surface area contributed by atoms with Gasteiger partial charge in [-0.25, -0.2) is 4.79 Å². The quantitative estimate of drug-likeness (QED) is 0.609. The van der Waals surface area contributed by atoms with E-state index >= 15 is 0 Å². The molecular formula is C11H4F9NO3. The SMILES string of the molecule is O=C(NOC(=O)C(F)(F)F)c1cccc(C(F)(F)F)c1C(F)(F)F. The van der Waals surface area contributed by atoms with Crippen molar-refractivity contribution in [3.05, 3.63) is 34.9 Å². The minimum absolute atomic E-state index is 0.0291. The Balaban J connectivity index is 3.25. The molecule has 24 heavy (non-hydrogen) atoms. The van der Waals surface area contributed by atoms with Crippen molar-refractivity contribution in [3.63, 3.8) is 0 Å². The summed E-state index contributed by atoms with van der Waals surface area (Å²) < 4.78 is 112. The van der Waals surface area contributed by atoms with Crippen molar-refractivity contribution in [1.82, 2.24) is 5.48 Å². The number of hydrogen-bond acceptors (Lipinski definition) is 3. The number of halogens is 9. The van der Waals surface area contributed by atoms with E-state index in [4.69, 9.17) is 0 Å². The monoisotopic (exact) mass is 369 g/mol. The van der Waals surface area contributed by atoms with Gasteiger partial charge in [0.2, 0.25) is 0 Å². The number of carbonyl (C=O) groups excluding carboxylic acids is 2. The first-order valence-corrected chi connectivity index (χ1v) is 5.51. The van der Waals surface area contributed by atoms with Gasteiger partial charge in [0.25, 0.3) is 5.91 Å². The fourth-order valence-electron chi connectivity index (χ4n) is 1.49. The van der Waals surface area contributed by atoms with E-state index in [0.29, 0.717) is 6.07 Å². The lowest BCUT2D eigenvalue weighted by Gasteiger charge is -2.18. The van der Waals surface area contributed by atoms with E-state index in [2.05, 4.69) is 4.84 Å². The fourth-order valence-corrected chi connectivity index (χ4v) is 1.49. The summed E-state index contributed by atoms with van der Waals surface area (Å²) in [4.78, 5) is 24.9. The second-order valence-corrected chi connectivity index (χ2v) is 4.04. The van der Waals surface area contributed by atoms with Crippen molar-refractivity contribution in [3.8, 4) is 0 Å². The van der Waals surface area contributed by atoms with Crippen molar-refractivity contribution >= 4 is 11.9 Å². The standard InChI is InChI=1S/C11H4F9NO3/c12-9(13,14)5-3-1-2-4(6(5)10(15,16)17)7(22)21-24-8(23)11(18,19)20/h1-3H,(H,21,22). The maximum atomic E-state index is 12.8. The molecule has 0 heterocycles. The molecular weight excluding hydrogens is 365 g/mol. The first-order chi connectivity index (χ1) is 10.7. The van der Waals surface area contributed by atoms with Crippen LogP contribution in [0.3, 0.4) is 0 Å². The van der Waals surface area contributed by atoms with E-state index in [1.807, 2.05) is 0 Å². The van der Waals surface area contributed by atoms with Crippen molar-refractivity contribution in [2.75, 3.05) is 0 Å². The number of hydrogen-bond donors (Lipinski definition) is 1. The molecule has 1 rings (SSSR count). The van der Waals surface area contributed by atoms with Gasteiger partial charge in [0.1, 0.15) is 0 Å². The lowest BCUT2D eigenvalue weighted by Crippen LogP contribution is -2.35. The molecule has 0 saturated heterocycles. The number of carbonyl (C=O) groups is 2. The summed E-state index contributed by atoms with van der Waals surface area (Å²) in [6, 6.07) is 0.731. The lowest BCUT2D eigenvalue weighted by molar-refractivity contribution is -0.204. The molecule has 0 spiro atoms. The van der Waals surface area contributed by atoms with Crippen LogP contribution in [0.4, 0.5) is 39.5 Å². The number of amides is 1. The van der Waals surface area contributed by atoms with Gasteiger partial charge >= 0.3 is 24.5 Å². The Kier molecular flexibility index (Phi) is 5.06. The Hall–Kier alpha value is -2.47. The van der Waals surface area contributed by atoms with Gasteiger partial charge in [0.05, 0.1) is 16.7 Å². The Bertz CT molecular complexity index is 646. The van der Waals surface area contributed by atoms with Crippen LogP contribution < -0.4 is 5.48 Å². The van der Waals surface area contributed by atoms with Crippen LogP contribution in [0.1, 0.15) is 21.5 Å². The smallest absolute Gasteiger partial charge is 0.332 e. The summed E-state index contributed by atoms with van der Waals surface area (Å²) in [5.74, 6) is -5.09. The van der Waals surface area contributed by atoms with Gasteiger partial charge in [-0.05, 0) is 12.1 Å². The van der Waals surface area contributed by atoms with Crippen LogP contribution in [0.15, 0.2) is 18.2 Å². The van der Waals surface area contributed by atoms with Gasteiger partial charge in [-0.2, -0.15) is 45.0 Å². The zero-order chi connectivity index (χ0) is 18.9. The third kappa shape index (κ3) is 4.52. The van der Waals surface area contributed by atoms with Crippen LogP contribution in [-0.4, -0.2) is 18.1 Å². The minimum Gasteiger partial charge on any atom is -0.332 e. The first kappa shape index (κ1) is 19.6. The predicted octanol–water partition coefficient (Wildman–Crippen LogP) is 3.47. The molecule has 0 aliphatic rings. The molecule has 1 amide bonds. The largest absolute Gasteiger partial charge is 0.493 e. The first-order valence-electron chi connectivity index (χ1n) is 5.51. The fraction of sp³-hybridized carbons (Fsp3) is 0.273. The topological polar surface area (TPSA) is 55.4 Å². The summed E-state index contributed by atoms with van der Waals surface area (Å²) >= 11 is 0. The van der Waals surface area contributed by atoms with Gasteiger partial charge in [-0.1, -0.05) is 6.07 Å². The molecule has 0 bridgehead atoms. The molecule has 0 atom stereocenters. The summed E-state index contributed by atoms with van der Waals surface area (Å²) in [5.41, 5.74) is -5.62. The molecule has 0 aliphatic heterocycles. The Labute approximate surface area is 126 Å². The lowest BCUT2D eigenvalue weighted by atomic mass is 9.99. The molecule has 13 heteroatoms. The highest BCUT2D eigenvalue weighted by Gasteiger charge is 2.46.